The van der Waals surface area contributed by atoms with Gasteiger partial charge in [-0.3, -0.25) is 9.69 Å². The maximum atomic E-state index is 12.3. The largest absolute Gasteiger partial charge is 0.472 e. The topological polar surface area (TPSA) is 62.5 Å². The summed E-state index contributed by atoms with van der Waals surface area (Å²) < 4.78 is 4.97. The van der Waals surface area contributed by atoms with E-state index in [1.807, 2.05) is 18.0 Å². The van der Waals surface area contributed by atoms with Gasteiger partial charge in [0.05, 0.1) is 18.4 Å². The minimum Gasteiger partial charge on any atom is -0.472 e. The number of amides is 1. The van der Waals surface area contributed by atoms with Gasteiger partial charge in [0.1, 0.15) is 12.1 Å². The Morgan fingerprint density at radius 3 is 3.00 bits per heavy atom. The van der Waals surface area contributed by atoms with Crippen LogP contribution in [0.4, 0.5) is 0 Å². The third-order valence-corrected chi connectivity index (χ3v) is 3.85. The first kappa shape index (κ1) is 13.8. The summed E-state index contributed by atoms with van der Waals surface area (Å²) in [7, 11) is 2.05. The van der Waals surface area contributed by atoms with Crippen LogP contribution in [0.1, 0.15) is 22.6 Å². The minimum atomic E-state index is 0.0376. The highest BCUT2D eigenvalue weighted by Gasteiger charge is 2.29. The van der Waals surface area contributed by atoms with E-state index in [1.165, 1.54) is 12.5 Å². The molecule has 6 heteroatoms. The fraction of sp³-hybridized carbons (Fsp3) is 0.400. The number of aromatic nitrogens is 2. The molecule has 6 nitrogen and oxygen atoms in total. The summed E-state index contributed by atoms with van der Waals surface area (Å²) in [6.45, 7) is 2.20. The molecule has 1 aliphatic rings. The van der Waals surface area contributed by atoms with Crippen LogP contribution in [0, 0.1) is 0 Å². The van der Waals surface area contributed by atoms with Crippen molar-refractivity contribution in [1.29, 1.82) is 0 Å². The molecule has 0 aromatic carbocycles. The highest BCUT2D eigenvalue weighted by atomic mass is 16.3. The van der Waals surface area contributed by atoms with E-state index >= 15 is 0 Å². The SMILES string of the molecule is CN(Cc1ncccn1)C1CCN(C(=O)c2ccoc2)C1. The molecule has 0 radical (unpaired) electrons. The zero-order valence-corrected chi connectivity index (χ0v) is 12.0. The van der Waals surface area contributed by atoms with Gasteiger partial charge in [-0.1, -0.05) is 0 Å². The molecule has 1 amide bonds. The zero-order valence-electron chi connectivity index (χ0n) is 12.0. The van der Waals surface area contributed by atoms with Gasteiger partial charge >= 0.3 is 0 Å². The third-order valence-electron chi connectivity index (χ3n) is 3.85. The Labute approximate surface area is 123 Å². The Morgan fingerprint density at radius 2 is 2.29 bits per heavy atom. The Morgan fingerprint density at radius 1 is 1.48 bits per heavy atom. The van der Waals surface area contributed by atoms with Crippen LogP contribution in [0.15, 0.2) is 41.5 Å². The van der Waals surface area contributed by atoms with Gasteiger partial charge in [0.15, 0.2) is 0 Å². The van der Waals surface area contributed by atoms with Crippen molar-refractivity contribution in [2.45, 2.75) is 19.0 Å². The Bertz CT molecular complexity index is 585. The van der Waals surface area contributed by atoms with Crippen molar-refractivity contribution < 1.29 is 9.21 Å². The maximum Gasteiger partial charge on any atom is 0.257 e. The summed E-state index contributed by atoms with van der Waals surface area (Å²) in [5.41, 5.74) is 0.615. The van der Waals surface area contributed by atoms with Crippen LogP contribution in [0.5, 0.6) is 0 Å². The quantitative estimate of drug-likeness (QED) is 0.850. The molecule has 1 aliphatic heterocycles. The van der Waals surface area contributed by atoms with Gasteiger partial charge in [-0.25, -0.2) is 9.97 Å². The number of hydrogen-bond donors (Lipinski definition) is 0. The fourth-order valence-corrected chi connectivity index (χ4v) is 2.62. The van der Waals surface area contributed by atoms with Crippen LogP contribution in [0.25, 0.3) is 0 Å². The average Bonchev–Trinajstić information content (AvgIpc) is 3.19. The summed E-state index contributed by atoms with van der Waals surface area (Å²) >= 11 is 0. The fourth-order valence-electron chi connectivity index (χ4n) is 2.62. The van der Waals surface area contributed by atoms with E-state index in [1.54, 1.807) is 18.5 Å². The van der Waals surface area contributed by atoms with Gasteiger partial charge in [-0.05, 0) is 25.6 Å². The third kappa shape index (κ3) is 3.11. The second-order valence-corrected chi connectivity index (χ2v) is 5.29. The number of carbonyl (C=O) groups is 1. The van der Waals surface area contributed by atoms with E-state index < -0.39 is 0 Å². The van der Waals surface area contributed by atoms with Crippen molar-refractivity contribution in [3.05, 3.63) is 48.4 Å². The molecule has 0 N–H and O–H groups in total. The highest BCUT2D eigenvalue weighted by Crippen LogP contribution is 2.18. The van der Waals surface area contributed by atoms with Crippen molar-refractivity contribution in [1.82, 2.24) is 19.8 Å². The molecule has 2 aromatic rings. The van der Waals surface area contributed by atoms with Gasteiger partial charge in [0.2, 0.25) is 0 Å². The molecule has 1 atom stereocenters. The number of hydrogen-bond acceptors (Lipinski definition) is 5. The molecule has 0 bridgehead atoms. The van der Waals surface area contributed by atoms with Crippen LogP contribution in [-0.2, 0) is 6.54 Å². The molecule has 3 heterocycles. The molecule has 110 valence electrons. The minimum absolute atomic E-state index is 0.0376. The Kier molecular flexibility index (Phi) is 3.96. The van der Waals surface area contributed by atoms with Gasteiger partial charge in [-0.2, -0.15) is 0 Å². The van der Waals surface area contributed by atoms with E-state index in [0.717, 1.165) is 25.3 Å². The molecule has 1 fully saturated rings. The number of likely N-dealkylation sites (tertiary alicyclic amines) is 1. The number of nitrogens with zero attached hydrogens (tertiary/aromatic N) is 4. The second-order valence-electron chi connectivity index (χ2n) is 5.29. The first-order valence-electron chi connectivity index (χ1n) is 7.01. The molecule has 1 saturated heterocycles. The summed E-state index contributed by atoms with van der Waals surface area (Å²) in [6, 6.07) is 3.85. The molecule has 0 saturated carbocycles. The van der Waals surface area contributed by atoms with Crippen molar-refractivity contribution in [3.63, 3.8) is 0 Å². The summed E-state index contributed by atoms with van der Waals surface area (Å²) in [4.78, 5) is 24.8. The number of furan rings is 1. The van der Waals surface area contributed by atoms with Crippen LogP contribution < -0.4 is 0 Å². The molecule has 0 spiro atoms. The van der Waals surface area contributed by atoms with E-state index in [9.17, 15) is 4.79 Å². The highest BCUT2D eigenvalue weighted by molar-refractivity contribution is 5.94. The Balaban J connectivity index is 1.58. The van der Waals surface area contributed by atoms with E-state index in [-0.39, 0.29) is 5.91 Å². The molecule has 2 aromatic heterocycles. The van der Waals surface area contributed by atoms with Gasteiger partial charge < -0.3 is 9.32 Å². The lowest BCUT2D eigenvalue weighted by molar-refractivity contribution is 0.0778. The van der Waals surface area contributed by atoms with Gasteiger partial charge in [0.25, 0.3) is 5.91 Å². The van der Waals surface area contributed by atoms with Crippen LogP contribution in [0.3, 0.4) is 0 Å². The van der Waals surface area contributed by atoms with E-state index in [4.69, 9.17) is 4.42 Å². The van der Waals surface area contributed by atoms with Crippen LogP contribution in [0.2, 0.25) is 0 Å². The van der Waals surface area contributed by atoms with Crippen molar-refractivity contribution >= 4 is 5.91 Å². The summed E-state index contributed by atoms with van der Waals surface area (Å²) in [5, 5.41) is 0. The first-order chi connectivity index (χ1) is 10.2. The van der Waals surface area contributed by atoms with Crippen LogP contribution in [-0.4, -0.2) is 51.9 Å². The maximum absolute atomic E-state index is 12.3. The molecule has 21 heavy (non-hydrogen) atoms. The van der Waals surface area contributed by atoms with Crippen molar-refractivity contribution in [3.8, 4) is 0 Å². The summed E-state index contributed by atoms with van der Waals surface area (Å²) in [6.07, 6.45) is 7.49. The van der Waals surface area contributed by atoms with Crippen molar-refractivity contribution in [2.75, 3.05) is 20.1 Å². The standard InChI is InChI=1S/C15H18N4O2/c1-18(10-14-16-5-2-6-17-14)13-3-7-19(9-13)15(20)12-4-8-21-11-12/h2,4-6,8,11,13H,3,7,9-10H2,1H3. The number of carbonyl (C=O) groups excluding carboxylic acids is 1. The van der Waals surface area contributed by atoms with Gasteiger partial charge in [0, 0.05) is 31.5 Å². The molecule has 1 unspecified atom stereocenters. The predicted octanol–water partition coefficient (Wildman–Crippen LogP) is 1.42. The average molecular weight is 286 g/mol. The first-order valence-corrected chi connectivity index (χ1v) is 7.01. The van der Waals surface area contributed by atoms with E-state index in [2.05, 4.69) is 14.9 Å². The smallest absolute Gasteiger partial charge is 0.257 e. The Hall–Kier alpha value is -2.21. The lowest BCUT2D eigenvalue weighted by Crippen LogP contribution is -2.36. The number of likely N-dealkylation sites (N-methyl/N-ethyl adjacent to an activating group) is 1. The molecular formula is C15H18N4O2. The predicted molar refractivity (Wildman–Crippen MR) is 76.5 cm³/mol. The monoisotopic (exact) mass is 286 g/mol. The van der Waals surface area contributed by atoms with Crippen LogP contribution >= 0.6 is 0 Å². The molecular weight excluding hydrogens is 268 g/mol. The van der Waals surface area contributed by atoms with E-state index in [0.29, 0.717) is 18.2 Å². The lowest BCUT2D eigenvalue weighted by Gasteiger charge is -2.23. The normalized spacial score (nSPS) is 18.4. The summed E-state index contributed by atoms with van der Waals surface area (Å²) in [5.74, 6) is 0.843. The molecule has 3 rings (SSSR count). The van der Waals surface area contributed by atoms with Crippen molar-refractivity contribution in [2.24, 2.45) is 0 Å². The number of rotatable bonds is 4. The zero-order chi connectivity index (χ0) is 14.7. The molecule has 0 aliphatic carbocycles. The lowest BCUT2D eigenvalue weighted by atomic mass is 10.2. The van der Waals surface area contributed by atoms with Gasteiger partial charge in [-0.15, -0.1) is 0 Å². The second kappa shape index (κ2) is 6.05.